The molecule has 2 heterocycles. The molecule has 0 spiro atoms. The monoisotopic (exact) mass is 382 g/mol. The Hall–Kier alpha value is -0.860. The van der Waals surface area contributed by atoms with Crippen molar-refractivity contribution in [1.82, 2.24) is 9.62 Å². The Labute approximate surface area is 152 Å². The maximum atomic E-state index is 12.6. The van der Waals surface area contributed by atoms with Gasteiger partial charge in [-0.3, -0.25) is 4.90 Å². The largest absolute Gasteiger partial charge is 0.297 e. The van der Waals surface area contributed by atoms with E-state index >= 15 is 0 Å². The summed E-state index contributed by atoms with van der Waals surface area (Å²) < 4.78 is 28.1. The van der Waals surface area contributed by atoms with Gasteiger partial charge in [0.25, 0.3) is 0 Å². The first-order valence-electron chi connectivity index (χ1n) is 7.98. The Morgan fingerprint density at radius 2 is 2.08 bits per heavy atom. The summed E-state index contributed by atoms with van der Waals surface area (Å²) in [7, 11) is -3.45. The van der Waals surface area contributed by atoms with Gasteiger partial charge in [0.2, 0.25) is 10.0 Å². The normalized spacial score (nSPS) is 19.5. The molecule has 3 rings (SSSR count). The highest BCUT2D eigenvalue weighted by atomic mass is 32.2. The summed E-state index contributed by atoms with van der Waals surface area (Å²) in [4.78, 5) is 5.06. The molecular formula is C17H22N2O2S3. The molecule has 1 aliphatic rings. The zero-order valence-corrected chi connectivity index (χ0v) is 16.1. The number of rotatable bonds is 6. The minimum absolute atomic E-state index is 0.0241. The van der Waals surface area contributed by atoms with Crippen molar-refractivity contribution in [3.8, 4) is 0 Å². The van der Waals surface area contributed by atoms with Crippen LogP contribution in [0.3, 0.4) is 0 Å². The number of nitrogens with zero attached hydrogens (tertiary/aromatic N) is 1. The molecule has 130 valence electrons. The van der Waals surface area contributed by atoms with Crippen LogP contribution < -0.4 is 4.72 Å². The van der Waals surface area contributed by atoms with E-state index in [1.54, 1.807) is 35.2 Å². The van der Waals surface area contributed by atoms with Crippen LogP contribution >= 0.6 is 23.1 Å². The van der Waals surface area contributed by atoms with E-state index < -0.39 is 10.0 Å². The summed E-state index contributed by atoms with van der Waals surface area (Å²) in [6.07, 6.45) is 3.89. The summed E-state index contributed by atoms with van der Waals surface area (Å²) in [5.41, 5.74) is 0. The predicted octanol–water partition coefficient (Wildman–Crippen LogP) is 3.41. The zero-order valence-electron chi connectivity index (χ0n) is 13.6. The van der Waals surface area contributed by atoms with Crippen molar-refractivity contribution < 1.29 is 8.42 Å². The third kappa shape index (κ3) is 4.61. The average molecular weight is 383 g/mol. The Morgan fingerprint density at radius 1 is 1.29 bits per heavy atom. The molecule has 1 aromatic heterocycles. The first-order valence-corrected chi connectivity index (χ1v) is 11.6. The maximum Gasteiger partial charge on any atom is 0.240 e. The molecule has 0 aliphatic carbocycles. The lowest BCUT2D eigenvalue weighted by Gasteiger charge is -2.32. The average Bonchev–Trinajstić information content (AvgIpc) is 3.08. The van der Waals surface area contributed by atoms with Gasteiger partial charge in [0.05, 0.1) is 4.90 Å². The lowest BCUT2D eigenvalue weighted by Crippen LogP contribution is -2.47. The molecule has 1 fully saturated rings. The highest BCUT2D eigenvalue weighted by Gasteiger charge is 2.25. The number of hydrogen-bond acceptors (Lipinski definition) is 5. The Kier molecular flexibility index (Phi) is 5.99. The van der Waals surface area contributed by atoms with Gasteiger partial charge in [-0.25, -0.2) is 13.1 Å². The first-order chi connectivity index (χ1) is 11.6. The lowest BCUT2D eigenvalue weighted by atomic mass is 10.1. The van der Waals surface area contributed by atoms with Crippen molar-refractivity contribution in [3.63, 3.8) is 0 Å². The van der Waals surface area contributed by atoms with Gasteiger partial charge in [-0.2, -0.15) is 0 Å². The highest BCUT2D eigenvalue weighted by molar-refractivity contribution is 7.98. The van der Waals surface area contributed by atoms with Crippen LogP contribution in [0.25, 0.3) is 0 Å². The van der Waals surface area contributed by atoms with Crippen molar-refractivity contribution in [3.05, 3.63) is 46.7 Å². The zero-order chi connectivity index (χ0) is 17.0. The van der Waals surface area contributed by atoms with Gasteiger partial charge in [0.1, 0.15) is 0 Å². The fraction of sp³-hybridized carbons (Fsp3) is 0.412. The summed E-state index contributed by atoms with van der Waals surface area (Å²) in [6.45, 7) is 2.69. The molecule has 1 aliphatic heterocycles. The summed E-state index contributed by atoms with van der Waals surface area (Å²) in [6, 6.07) is 11.2. The number of hydrogen-bond donors (Lipinski definition) is 1. The molecule has 1 aromatic carbocycles. The van der Waals surface area contributed by atoms with Crippen molar-refractivity contribution in [2.75, 3.05) is 19.3 Å². The topological polar surface area (TPSA) is 49.4 Å². The van der Waals surface area contributed by atoms with E-state index in [1.807, 2.05) is 18.4 Å². The van der Waals surface area contributed by atoms with Gasteiger partial charge < -0.3 is 0 Å². The van der Waals surface area contributed by atoms with Gasteiger partial charge in [-0.15, -0.1) is 23.1 Å². The minimum Gasteiger partial charge on any atom is -0.297 e. The van der Waals surface area contributed by atoms with E-state index in [0.29, 0.717) is 4.90 Å². The second kappa shape index (κ2) is 8.01. The smallest absolute Gasteiger partial charge is 0.240 e. The van der Waals surface area contributed by atoms with E-state index in [0.717, 1.165) is 37.4 Å². The molecule has 1 saturated heterocycles. The van der Waals surface area contributed by atoms with Gasteiger partial charge in [-0.05, 0) is 61.4 Å². The quantitative estimate of drug-likeness (QED) is 0.778. The van der Waals surface area contributed by atoms with E-state index in [4.69, 9.17) is 0 Å². The number of sulfonamides is 1. The first kappa shape index (κ1) is 17.9. The standard InChI is InChI=1S/C17H22N2O2S3/c1-22-15-6-8-17(9-7-15)24(20,21)18-14-4-2-10-19(12-14)13-16-5-3-11-23-16/h3,5-9,11,14,18H,2,4,10,12-13H2,1H3. The predicted molar refractivity (Wildman–Crippen MR) is 101 cm³/mol. The van der Waals surface area contributed by atoms with Crippen LogP contribution in [-0.4, -0.2) is 38.7 Å². The van der Waals surface area contributed by atoms with Crippen LogP contribution in [0.4, 0.5) is 0 Å². The summed E-state index contributed by atoms with van der Waals surface area (Å²) >= 11 is 3.35. The molecule has 0 radical (unpaired) electrons. The number of thiophene rings is 1. The van der Waals surface area contributed by atoms with Crippen LogP contribution in [0.5, 0.6) is 0 Å². The fourth-order valence-corrected chi connectivity index (χ4v) is 5.38. The van der Waals surface area contributed by atoms with Crippen LogP contribution in [-0.2, 0) is 16.6 Å². The molecule has 0 bridgehead atoms. The number of nitrogens with one attached hydrogen (secondary N) is 1. The number of benzene rings is 1. The highest BCUT2D eigenvalue weighted by Crippen LogP contribution is 2.20. The molecule has 24 heavy (non-hydrogen) atoms. The van der Waals surface area contributed by atoms with E-state index in [2.05, 4.69) is 27.1 Å². The van der Waals surface area contributed by atoms with E-state index in [1.165, 1.54) is 4.88 Å². The summed E-state index contributed by atoms with van der Waals surface area (Å²) in [5.74, 6) is 0. The van der Waals surface area contributed by atoms with E-state index in [9.17, 15) is 8.42 Å². The molecule has 4 nitrogen and oxygen atoms in total. The molecule has 1 unspecified atom stereocenters. The van der Waals surface area contributed by atoms with Crippen LogP contribution in [0, 0.1) is 0 Å². The molecule has 0 saturated carbocycles. The van der Waals surface area contributed by atoms with Crippen molar-refractivity contribution >= 4 is 33.1 Å². The van der Waals surface area contributed by atoms with Crippen LogP contribution in [0.1, 0.15) is 17.7 Å². The third-order valence-corrected chi connectivity index (χ3v) is 7.30. The van der Waals surface area contributed by atoms with Crippen molar-refractivity contribution in [2.45, 2.75) is 35.2 Å². The summed E-state index contributed by atoms with van der Waals surface area (Å²) in [5, 5.41) is 2.08. The molecule has 1 N–H and O–H groups in total. The number of thioether (sulfide) groups is 1. The Morgan fingerprint density at radius 3 is 2.75 bits per heavy atom. The van der Waals surface area contributed by atoms with Gasteiger partial charge >= 0.3 is 0 Å². The fourth-order valence-electron chi connectivity index (χ4n) is 2.96. The third-order valence-electron chi connectivity index (χ3n) is 4.16. The lowest BCUT2D eigenvalue weighted by molar-refractivity contribution is 0.196. The molecule has 1 atom stereocenters. The van der Waals surface area contributed by atoms with Crippen LogP contribution in [0.2, 0.25) is 0 Å². The van der Waals surface area contributed by atoms with Gasteiger partial charge in [0.15, 0.2) is 0 Å². The maximum absolute atomic E-state index is 12.6. The Bertz CT molecular complexity index is 743. The molecule has 0 amide bonds. The van der Waals surface area contributed by atoms with Crippen molar-refractivity contribution in [1.29, 1.82) is 0 Å². The Balaban J connectivity index is 1.63. The SMILES string of the molecule is CSc1ccc(S(=O)(=O)NC2CCCN(Cc3cccs3)C2)cc1. The molecule has 2 aromatic rings. The second-order valence-electron chi connectivity index (χ2n) is 5.95. The van der Waals surface area contributed by atoms with Gasteiger partial charge in [-0.1, -0.05) is 6.07 Å². The van der Waals surface area contributed by atoms with Crippen LogP contribution in [0.15, 0.2) is 51.6 Å². The second-order valence-corrected chi connectivity index (χ2v) is 9.58. The molecular weight excluding hydrogens is 360 g/mol. The van der Waals surface area contributed by atoms with Gasteiger partial charge in [0, 0.05) is 28.9 Å². The number of piperidine rings is 1. The number of likely N-dealkylation sites (tertiary alicyclic amines) is 1. The molecule has 7 heteroatoms. The van der Waals surface area contributed by atoms with Crippen molar-refractivity contribution in [2.24, 2.45) is 0 Å². The van der Waals surface area contributed by atoms with E-state index in [-0.39, 0.29) is 6.04 Å². The minimum atomic E-state index is -3.45.